The van der Waals surface area contributed by atoms with Gasteiger partial charge in [-0.3, -0.25) is 14.2 Å². The van der Waals surface area contributed by atoms with E-state index in [2.05, 4.69) is 22.1 Å². The number of para-hydroxylation sites is 1. The monoisotopic (exact) mass is 429 g/mol. The Bertz CT molecular complexity index is 1060. The molecule has 1 aromatic heterocycles. The average molecular weight is 430 g/mol. The lowest BCUT2D eigenvalue weighted by Crippen LogP contribution is -2.32. The Morgan fingerprint density at radius 1 is 1.34 bits per heavy atom. The number of rotatable bonds is 5. The summed E-state index contributed by atoms with van der Waals surface area (Å²) in [5.41, 5.74) is 1.79. The summed E-state index contributed by atoms with van der Waals surface area (Å²) in [6.07, 6.45) is 2.90. The Kier molecular flexibility index (Phi) is 6.12. The van der Waals surface area contributed by atoms with Crippen molar-refractivity contribution in [1.82, 2.24) is 14.9 Å². The lowest BCUT2D eigenvalue weighted by atomic mass is 10.2. The molecule has 0 fully saturated rings. The first-order valence-corrected chi connectivity index (χ1v) is 10.9. The second-order valence-corrected chi connectivity index (χ2v) is 8.26. The topological polar surface area (TPSA) is 73.2 Å². The molecule has 1 amide bonds. The molecule has 4 rings (SSSR count). The summed E-state index contributed by atoms with van der Waals surface area (Å²) >= 11 is 7.55. The lowest BCUT2D eigenvalue weighted by Gasteiger charge is -2.13. The fourth-order valence-corrected chi connectivity index (χ4v) is 4.87. The smallest absolute Gasteiger partial charge is 0.257 e. The van der Waals surface area contributed by atoms with Crippen molar-refractivity contribution in [3.05, 3.63) is 50.9 Å². The normalized spacial score (nSPS) is 16.5. The van der Waals surface area contributed by atoms with Crippen molar-refractivity contribution in [2.45, 2.75) is 36.9 Å². The first-order chi connectivity index (χ1) is 14.1. The van der Waals surface area contributed by atoms with Crippen molar-refractivity contribution in [3.63, 3.8) is 0 Å². The van der Waals surface area contributed by atoms with E-state index in [0.717, 1.165) is 35.7 Å². The van der Waals surface area contributed by atoms with Gasteiger partial charge < -0.3 is 10.1 Å². The number of halogens is 1. The van der Waals surface area contributed by atoms with Gasteiger partial charge in [0.2, 0.25) is 5.91 Å². The predicted molar refractivity (Wildman–Crippen MR) is 113 cm³/mol. The summed E-state index contributed by atoms with van der Waals surface area (Å²) in [5, 5.41) is 4.06. The molecular formula is C21H20ClN3O3S. The number of carbonyl (C=O) groups is 1. The van der Waals surface area contributed by atoms with E-state index in [1.807, 2.05) is 12.1 Å². The highest BCUT2D eigenvalue weighted by Gasteiger charge is 2.30. The predicted octanol–water partition coefficient (Wildman–Crippen LogP) is 2.62. The van der Waals surface area contributed by atoms with Gasteiger partial charge in [0.15, 0.2) is 5.16 Å². The van der Waals surface area contributed by atoms with E-state index in [0.29, 0.717) is 16.5 Å². The van der Waals surface area contributed by atoms with Crippen LogP contribution in [0.1, 0.15) is 30.1 Å². The van der Waals surface area contributed by atoms with Crippen LogP contribution in [0.25, 0.3) is 0 Å². The second kappa shape index (κ2) is 8.93. The molecule has 0 radical (unpaired) electrons. The van der Waals surface area contributed by atoms with Gasteiger partial charge in [-0.15, -0.1) is 0 Å². The summed E-state index contributed by atoms with van der Waals surface area (Å²) in [6, 6.07) is 7.03. The van der Waals surface area contributed by atoms with E-state index < -0.39 is 0 Å². The first kappa shape index (κ1) is 19.9. The summed E-state index contributed by atoms with van der Waals surface area (Å²) < 4.78 is 7.18. The molecule has 2 aliphatic rings. The third kappa shape index (κ3) is 4.44. The van der Waals surface area contributed by atoms with Crippen LogP contribution in [0, 0.1) is 11.8 Å². The number of ether oxygens (including phenoxy) is 1. The van der Waals surface area contributed by atoms with Crippen LogP contribution >= 0.6 is 23.4 Å². The van der Waals surface area contributed by atoms with Crippen molar-refractivity contribution in [2.24, 2.45) is 0 Å². The number of aryl methyl sites for hydroxylation is 1. The van der Waals surface area contributed by atoms with Crippen LogP contribution in [0.5, 0.6) is 5.75 Å². The number of thioether (sulfide) groups is 1. The standard InChI is InChI=1S/C21H20ClN3O3S/c22-16-7-1-2-9-18(16)28-11-4-3-10-23-19(26)12-14-13-29-21-24-17-8-5-6-15(17)20(27)25(14)21/h1-2,7,9,14H,5-6,8,10-13H2,(H,23,26). The number of amides is 1. The minimum absolute atomic E-state index is 0.0295. The van der Waals surface area contributed by atoms with Crippen LogP contribution in [-0.4, -0.2) is 34.4 Å². The van der Waals surface area contributed by atoms with Crippen LogP contribution < -0.4 is 15.6 Å². The van der Waals surface area contributed by atoms with Crippen molar-refractivity contribution in [2.75, 3.05) is 18.9 Å². The Labute approximate surface area is 178 Å². The van der Waals surface area contributed by atoms with Gasteiger partial charge in [-0.25, -0.2) is 4.98 Å². The zero-order chi connectivity index (χ0) is 20.2. The van der Waals surface area contributed by atoms with Crippen LogP contribution in [0.3, 0.4) is 0 Å². The Hall–Kier alpha value is -2.43. The zero-order valence-electron chi connectivity index (χ0n) is 15.7. The highest BCUT2D eigenvalue weighted by atomic mass is 35.5. The van der Waals surface area contributed by atoms with Gasteiger partial charge in [-0.2, -0.15) is 0 Å². The van der Waals surface area contributed by atoms with E-state index in [4.69, 9.17) is 16.3 Å². The molecule has 2 aromatic rings. The van der Waals surface area contributed by atoms with E-state index in [1.54, 1.807) is 28.5 Å². The van der Waals surface area contributed by atoms with Crippen LogP contribution in [0.4, 0.5) is 0 Å². The minimum Gasteiger partial charge on any atom is -0.479 e. The number of fused-ring (bicyclic) bond motifs is 2. The van der Waals surface area contributed by atoms with Crippen LogP contribution in [-0.2, 0) is 17.6 Å². The molecule has 1 unspecified atom stereocenters. The maximum atomic E-state index is 12.8. The molecule has 8 heteroatoms. The molecular weight excluding hydrogens is 410 g/mol. The largest absolute Gasteiger partial charge is 0.479 e. The average Bonchev–Trinajstić information content (AvgIpc) is 3.34. The summed E-state index contributed by atoms with van der Waals surface area (Å²) in [4.78, 5) is 29.7. The number of hydrogen-bond acceptors (Lipinski definition) is 5. The molecule has 29 heavy (non-hydrogen) atoms. The molecule has 1 N–H and O–H groups in total. The molecule has 0 bridgehead atoms. The number of hydrogen-bond donors (Lipinski definition) is 1. The van der Waals surface area contributed by atoms with Gasteiger partial charge in [0.05, 0.1) is 23.3 Å². The van der Waals surface area contributed by atoms with Crippen molar-refractivity contribution in [1.29, 1.82) is 0 Å². The highest BCUT2D eigenvalue weighted by molar-refractivity contribution is 7.99. The molecule has 150 valence electrons. The number of aromatic nitrogens is 2. The maximum absolute atomic E-state index is 12.8. The third-order valence-electron chi connectivity index (χ3n) is 4.93. The molecule has 1 atom stereocenters. The van der Waals surface area contributed by atoms with Gasteiger partial charge in [0.25, 0.3) is 5.56 Å². The SMILES string of the molecule is O=C(CC1CSc2nc3c(c(=O)n21)CCC3)NCC#CCOc1ccccc1Cl. The van der Waals surface area contributed by atoms with E-state index in [1.165, 1.54) is 0 Å². The Balaban J connectivity index is 1.27. The zero-order valence-corrected chi connectivity index (χ0v) is 17.3. The third-order valence-corrected chi connectivity index (χ3v) is 6.34. The highest BCUT2D eigenvalue weighted by Crippen LogP contribution is 2.33. The second-order valence-electron chi connectivity index (χ2n) is 6.87. The van der Waals surface area contributed by atoms with Crippen molar-refractivity contribution in [3.8, 4) is 17.6 Å². The van der Waals surface area contributed by atoms with Gasteiger partial charge >= 0.3 is 0 Å². The molecule has 0 spiro atoms. The molecule has 6 nitrogen and oxygen atoms in total. The number of nitrogens with zero attached hydrogens (tertiary/aromatic N) is 2. The molecule has 1 aromatic carbocycles. The number of carbonyl (C=O) groups excluding carboxylic acids is 1. The molecule has 1 aliphatic heterocycles. The fourth-order valence-electron chi connectivity index (χ4n) is 3.52. The van der Waals surface area contributed by atoms with Crippen LogP contribution in [0.15, 0.2) is 34.2 Å². The van der Waals surface area contributed by atoms with Gasteiger partial charge in [-0.1, -0.05) is 47.3 Å². The first-order valence-electron chi connectivity index (χ1n) is 9.50. The van der Waals surface area contributed by atoms with Gasteiger partial charge in [0, 0.05) is 17.7 Å². The summed E-state index contributed by atoms with van der Waals surface area (Å²) in [6.45, 7) is 0.424. The number of benzene rings is 1. The minimum atomic E-state index is -0.155. The quantitative estimate of drug-likeness (QED) is 0.584. The van der Waals surface area contributed by atoms with Crippen molar-refractivity contribution < 1.29 is 9.53 Å². The maximum Gasteiger partial charge on any atom is 0.257 e. The summed E-state index contributed by atoms with van der Waals surface area (Å²) in [7, 11) is 0. The lowest BCUT2D eigenvalue weighted by molar-refractivity contribution is -0.121. The van der Waals surface area contributed by atoms with E-state index >= 15 is 0 Å². The molecule has 2 heterocycles. The van der Waals surface area contributed by atoms with E-state index in [-0.39, 0.29) is 37.1 Å². The number of nitrogens with one attached hydrogen (secondary N) is 1. The molecule has 0 saturated heterocycles. The molecule has 1 aliphatic carbocycles. The van der Waals surface area contributed by atoms with Crippen molar-refractivity contribution >= 4 is 29.3 Å². The molecule has 0 saturated carbocycles. The fraction of sp³-hybridized carbons (Fsp3) is 0.381. The van der Waals surface area contributed by atoms with Crippen LogP contribution in [0.2, 0.25) is 5.02 Å². The Morgan fingerprint density at radius 2 is 2.21 bits per heavy atom. The summed E-state index contributed by atoms with van der Waals surface area (Å²) in [5.74, 6) is 6.85. The Morgan fingerprint density at radius 3 is 3.07 bits per heavy atom. The van der Waals surface area contributed by atoms with Gasteiger partial charge in [0.1, 0.15) is 12.4 Å². The van der Waals surface area contributed by atoms with Gasteiger partial charge in [-0.05, 0) is 31.4 Å². The van der Waals surface area contributed by atoms with E-state index in [9.17, 15) is 9.59 Å².